The van der Waals surface area contributed by atoms with E-state index in [2.05, 4.69) is 0 Å². The number of rotatable bonds is 2. The lowest BCUT2D eigenvalue weighted by atomic mass is 10.0. The first-order valence-electron chi connectivity index (χ1n) is 3.70. The van der Waals surface area contributed by atoms with Crippen LogP contribution in [0.25, 0.3) is 0 Å². The van der Waals surface area contributed by atoms with Crippen molar-refractivity contribution in [2.75, 3.05) is 0 Å². The van der Waals surface area contributed by atoms with Crippen LogP contribution in [0.3, 0.4) is 0 Å². The number of ketones is 1. The van der Waals surface area contributed by atoms with E-state index in [9.17, 15) is 4.79 Å². The van der Waals surface area contributed by atoms with E-state index in [0.717, 1.165) is 5.76 Å². The van der Waals surface area contributed by atoms with E-state index >= 15 is 0 Å². The number of carbonyl (C=O) groups excluding carboxylic acids is 1. The molecule has 2 heteroatoms. The fraction of sp³-hybridized carbons (Fsp3) is 0.444. The summed E-state index contributed by atoms with van der Waals surface area (Å²) in [5, 5.41) is 0. The zero-order valence-electron chi connectivity index (χ0n) is 7.05. The maximum Gasteiger partial charge on any atom is 0.168 e. The Labute approximate surface area is 66.2 Å². The third-order valence-electron chi connectivity index (χ3n) is 1.54. The molecule has 1 heterocycles. The van der Waals surface area contributed by atoms with E-state index in [4.69, 9.17) is 4.42 Å². The van der Waals surface area contributed by atoms with Crippen LogP contribution in [0.4, 0.5) is 0 Å². The molecule has 0 aromatic carbocycles. The molecule has 0 bridgehead atoms. The first-order valence-corrected chi connectivity index (χ1v) is 3.70. The molecule has 0 amide bonds. The summed E-state index contributed by atoms with van der Waals surface area (Å²) < 4.78 is 5.01. The SMILES string of the molecule is Cc1cc(C(=O)C(C)C)co1. The molecule has 1 aromatic rings. The Kier molecular flexibility index (Phi) is 2.13. The molecule has 0 saturated carbocycles. The van der Waals surface area contributed by atoms with Crippen LogP contribution in [0, 0.1) is 12.8 Å². The van der Waals surface area contributed by atoms with Crippen molar-refractivity contribution in [3.05, 3.63) is 23.7 Å². The zero-order chi connectivity index (χ0) is 8.43. The maximum absolute atomic E-state index is 11.3. The third kappa shape index (κ3) is 1.70. The second kappa shape index (κ2) is 2.91. The summed E-state index contributed by atoms with van der Waals surface area (Å²) in [5.74, 6) is 0.975. The van der Waals surface area contributed by atoms with Crippen molar-refractivity contribution in [2.45, 2.75) is 20.8 Å². The van der Waals surface area contributed by atoms with Gasteiger partial charge in [-0.15, -0.1) is 0 Å². The van der Waals surface area contributed by atoms with Crippen molar-refractivity contribution in [2.24, 2.45) is 5.92 Å². The lowest BCUT2D eigenvalue weighted by Crippen LogP contribution is -2.05. The van der Waals surface area contributed by atoms with Crippen molar-refractivity contribution in [3.63, 3.8) is 0 Å². The standard InChI is InChI=1S/C9H12O2/c1-6(2)9(10)8-4-7(3)11-5-8/h4-6H,1-3H3. The molecule has 0 aliphatic heterocycles. The van der Waals surface area contributed by atoms with Crippen LogP contribution in [0.5, 0.6) is 0 Å². The van der Waals surface area contributed by atoms with Crippen molar-refractivity contribution in [1.29, 1.82) is 0 Å². The minimum atomic E-state index is 0.0481. The Morgan fingerprint density at radius 2 is 2.18 bits per heavy atom. The van der Waals surface area contributed by atoms with Crippen LogP contribution in [0.15, 0.2) is 16.7 Å². The van der Waals surface area contributed by atoms with Crippen LogP contribution >= 0.6 is 0 Å². The van der Waals surface area contributed by atoms with Crippen LogP contribution in [-0.4, -0.2) is 5.78 Å². The monoisotopic (exact) mass is 152 g/mol. The molecule has 1 rings (SSSR count). The summed E-state index contributed by atoms with van der Waals surface area (Å²) in [6.07, 6.45) is 1.51. The Morgan fingerprint density at radius 3 is 2.55 bits per heavy atom. The van der Waals surface area contributed by atoms with E-state index in [1.54, 1.807) is 6.07 Å². The molecular weight excluding hydrogens is 140 g/mol. The second-order valence-corrected chi connectivity index (χ2v) is 2.96. The first kappa shape index (κ1) is 8.05. The Bertz CT molecular complexity index is 258. The number of hydrogen-bond acceptors (Lipinski definition) is 2. The van der Waals surface area contributed by atoms with Crippen molar-refractivity contribution in [1.82, 2.24) is 0 Å². The fourth-order valence-corrected chi connectivity index (χ4v) is 0.906. The minimum absolute atomic E-state index is 0.0481. The molecule has 0 saturated heterocycles. The molecule has 0 unspecified atom stereocenters. The first-order chi connectivity index (χ1) is 5.11. The van der Waals surface area contributed by atoms with Crippen molar-refractivity contribution >= 4 is 5.78 Å². The van der Waals surface area contributed by atoms with Gasteiger partial charge < -0.3 is 4.42 Å². The van der Waals surface area contributed by atoms with Gasteiger partial charge in [0, 0.05) is 5.92 Å². The molecule has 11 heavy (non-hydrogen) atoms. The number of hydrogen-bond donors (Lipinski definition) is 0. The summed E-state index contributed by atoms with van der Waals surface area (Å²) in [5.41, 5.74) is 0.678. The lowest BCUT2D eigenvalue weighted by molar-refractivity contribution is 0.0939. The molecular formula is C9H12O2. The molecule has 0 N–H and O–H groups in total. The van der Waals surface area contributed by atoms with Crippen LogP contribution < -0.4 is 0 Å². The summed E-state index contributed by atoms with van der Waals surface area (Å²) >= 11 is 0. The summed E-state index contributed by atoms with van der Waals surface area (Å²) in [4.78, 5) is 11.3. The smallest absolute Gasteiger partial charge is 0.168 e. The van der Waals surface area contributed by atoms with Gasteiger partial charge in [-0.25, -0.2) is 0 Å². The number of carbonyl (C=O) groups is 1. The summed E-state index contributed by atoms with van der Waals surface area (Å²) in [7, 11) is 0. The molecule has 0 aliphatic rings. The van der Waals surface area contributed by atoms with Gasteiger partial charge in [-0.2, -0.15) is 0 Å². The summed E-state index contributed by atoms with van der Waals surface area (Å²) in [6.45, 7) is 5.59. The highest BCUT2D eigenvalue weighted by molar-refractivity contribution is 5.97. The van der Waals surface area contributed by atoms with Crippen LogP contribution in [0.2, 0.25) is 0 Å². The van der Waals surface area contributed by atoms with E-state index < -0.39 is 0 Å². The topological polar surface area (TPSA) is 30.2 Å². The van der Waals surface area contributed by atoms with Crippen LogP contribution in [0.1, 0.15) is 30.0 Å². The van der Waals surface area contributed by atoms with E-state index in [1.807, 2.05) is 20.8 Å². The maximum atomic E-state index is 11.3. The normalized spacial score (nSPS) is 10.5. The number of furan rings is 1. The Balaban J connectivity index is 2.85. The molecule has 60 valence electrons. The molecule has 0 spiro atoms. The van der Waals surface area contributed by atoms with Crippen molar-refractivity contribution < 1.29 is 9.21 Å². The highest BCUT2D eigenvalue weighted by Gasteiger charge is 2.11. The van der Waals surface area contributed by atoms with Gasteiger partial charge in [0.15, 0.2) is 5.78 Å². The Morgan fingerprint density at radius 1 is 1.55 bits per heavy atom. The molecule has 0 fully saturated rings. The predicted molar refractivity (Wildman–Crippen MR) is 42.6 cm³/mol. The Hall–Kier alpha value is -1.05. The lowest BCUT2D eigenvalue weighted by Gasteiger charge is -1.97. The number of aryl methyl sites for hydroxylation is 1. The molecule has 0 atom stereocenters. The van der Waals surface area contributed by atoms with Gasteiger partial charge in [-0.1, -0.05) is 13.8 Å². The van der Waals surface area contributed by atoms with Gasteiger partial charge in [0.1, 0.15) is 12.0 Å². The average molecular weight is 152 g/mol. The largest absolute Gasteiger partial charge is 0.469 e. The summed E-state index contributed by atoms with van der Waals surface area (Å²) in [6, 6.07) is 1.77. The highest BCUT2D eigenvalue weighted by Crippen LogP contribution is 2.11. The van der Waals surface area contributed by atoms with Gasteiger partial charge >= 0.3 is 0 Å². The van der Waals surface area contributed by atoms with Gasteiger partial charge in [0.25, 0.3) is 0 Å². The minimum Gasteiger partial charge on any atom is -0.469 e. The zero-order valence-corrected chi connectivity index (χ0v) is 7.05. The van der Waals surface area contributed by atoms with Gasteiger partial charge in [-0.05, 0) is 13.0 Å². The molecule has 0 aliphatic carbocycles. The molecule has 1 aromatic heterocycles. The van der Waals surface area contributed by atoms with E-state index in [-0.39, 0.29) is 11.7 Å². The average Bonchev–Trinajstić information content (AvgIpc) is 2.34. The van der Waals surface area contributed by atoms with E-state index in [1.165, 1.54) is 6.26 Å². The van der Waals surface area contributed by atoms with Gasteiger partial charge in [0.05, 0.1) is 5.56 Å². The highest BCUT2D eigenvalue weighted by atomic mass is 16.3. The second-order valence-electron chi connectivity index (χ2n) is 2.96. The van der Waals surface area contributed by atoms with Crippen molar-refractivity contribution in [3.8, 4) is 0 Å². The third-order valence-corrected chi connectivity index (χ3v) is 1.54. The van der Waals surface area contributed by atoms with E-state index in [0.29, 0.717) is 5.56 Å². The molecule has 2 nitrogen and oxygen atoms in total. The quantitative estimate of drug-likeness (QED) is 0.609. The van der Waals surface area contributed by atoms with Gasteiger partial charge in [0.2, 0.25) is 0 Å². The van der Waals surface area contributed by atoms with Crippen LogP contribution in [-0.2, 0) is 0 Å². The number of Topliss-reactive ketones (excluding diaryl/α,β-unsaturated/α-hetero) is 1. The predicted octanol–water partition coefficient (Wildman–Crippen LogP) is 2.43. The fourth-order valence-electron chi connectivity index (χ4n) is 0.906. The molecule has 0 radical (unpaired) electrons. The van der Waals surface area contributed by atoms with Gasteiger partial charge in [-0.3, -0.25) is 4.79 Å².